The minimum atomic E-state index is -3.43. The summed E-state index contributed by atoms with van der Waals surface area (Å²) in [7, 11) is -2.09. The topological polar surface area (TPSA) is 78.4 Å². The lowest BCUT2D eigenvalue weighted by molar-refractivity contribution is -0.00756. The number of rotatable bonds is 4. The van der Waals surface area contributed by atoms with Crippen molar-refractivity contribution in [3.8, 4) is 0 Å². The van der Waals surface area contributed by atoms with Crippen molar-refractivity contribution in [1.29, 1.82) is 0 Å². The molecule has 1 rings (SSSR count). The molecule has 0 aromatic heterocycles. The highest BCUT2D eigenvalue weighted by Crippen LogP contribution is 2.31. The van der Waals surface area contributed by atoms with Crippen LogP contribution in [0, 0.1) is 5.92 Å². The van der Waals surface area contributed by atoms with E-state index < -0.39 is 15.8 Å². The maximum absolute atomic E-state index is 11.1. The Hall–Kier alpha value is -0.170. The van der Waals surface area contributed by atoms with Crippen LogP contribution in [0.4, 0.5) is 0 Å². The fourth-order valence-electron chi connectivity index (χ4n) is 2.09. The van der Waals surface area contributed by atoms with Crippen LogP contribution in [0.3, 0.4) is 0 Å². The minimum Gasteiger partial charge on any atom is -0.389 e. The molecule has 0 saturated heterocycles. The summed E-state index contributed by atoms with van der Waals surface area (Å²) in [5.41, 5.74) is -0.873. The smallest absolute Gasteiger partial charge is 0.276 e. The van der Waals surface area contributed by atoms with E-state index in [1.807, 2.05) is 0 Å². The summed E-state index contributed by atoms with van der Waals surface area (Å²) >= 11 is 0. The number of hydrogen-bond acceptors (Lipinski definition) is 3. The van der Waals surface area contributed by atoms with Crippen molar-refractivity contribution in [2.45, 2.75) is 38.2 Å². The van der Waals surface area contributed by atoms with Gasteiger partial charge in [-0.3, -0.25) is 0 Å². The van der Waals surface area contributed by atoms with Crippen molar-refractivity contribution < 1.29 is 13.5 Å². The molecule has 0 aromatic rings. The Bertz CT molecular complexity index is 304. The quantitative estimate of drug-likeness (QED) is 0.642. The third-order valence-electron chi connectivity index (χ3n) is 2.93. The first kappa shape index (κ1) is 12.9. The van der Waals surface area contributed by atoms with Gasteiger partial charge in [0.1, 0.15) is 0 Å². The molecule has 15 heavy (non-hydrogen) atoms. The third kappa shape index (κ3) is 4.06. The molecule has 0 heterocycles. The fourth-order valence-corrected chi connectivity index (χ4v) is 2.70. The maximum Gasteiger partial charge on any atom is 0.276 e. The van der Waals surface area contributed by atoms with Gasteiger partial charge in [0.25, 0.3) is 10.2 Å². The average Bonchev–Trinajstić information content (AvgIpc) is 2.15. The predicted octanol–water partition coefficient (Wildman–Crippen LogP) is -0.0186. The molecule has 0 radical (unpaired) electrons. The molecule has 0 aromatic carbocycles. The van der Waals surface area contributed by atoms with Crippen molar-refractivity contribution >= 4 is 10.2 Å². The van der Waals surface area contributed by atoms with Crippen molar-refractivity contribution in [3.63, 3.8) is 0 Å². The van der Waals surface area contributed by atoms with Gasteiger partial charge in [-0.15, -0.1) is 0 Å². The van der Waals surface area contributed by atoms with E-state index >= 15 is 0 Å². The number of hydrogen-bond donors (Lipinski definition) is 3. The molecule has 1 fully saturated rings. The lowest BCUT2D eigenvalue weighted by atomic mass is 9.79. The van der Waals surface area contributed by atoms with Gasteiger partial charge in [-0.1, -0.05) is 19.8 Å². The molecule has 2 atom stereocenters. The lowest BCUT2D eigenvalue weighted by Gasteiger charge is -2.35. The van der Waals surface area contributed by atoms with Crippen molar-refractivity contribution in [3.05, 3.63) is 0 Å². The van der Waals surface area contributed by atoms with Crippen LogP contribution >= 0.6 is 0 Å². The second-order valence-electron chi connectivity index (χ2n) is 4.45. The minimum absolute atomic E-state index is 0.0977. The molecule has 0 aliphatic heterocycles. The lowest BCUT2D eigenvalue weighted by Crippen LogP contribution is -2.48. The predicted molar refractivity (Wildman–Crippen MR) is 58.6 cm³/mol. The molecular weight excluding hydrogens is 216 g/mol. The summed E-state index contributed by atoms with van der Waals surface area (Å²) in [5, 5.41) is 10.1. The molecule has 90 valence electrons. The summed E-state index contributed by atoms with van der Waals surface area (Å²) in [6, 6.07) is 0. The summed E-state index contributed by atoms with van der Waals surface area (Å²) < 4.78 is 26.8. The Morgan fingerprint density at radius 1 is 1.53 bits per heavy atom. The Morgan fingerprint density at radius 2 is 2.20 bits per heavy atom. The van der Waals surface area contributed by atoms with Gasteiger partial charge in [0, 0.05) is 13.6 Å². The van der Waals surface area contributed by atoms with Gasteiger partial charge >= 0.3 is 0 Å². The Labute approximate surface area is 91.4 Å². The summed E-state index contributed by atoms with van der Waals surface area (Å²) in [4.78, 5) is 0. The average molecular weight is 236 g/mol. The monoisotopic (exact) mass is 236 g/mol. The van der Waals surface area contributed by atoms with E-state index in [0.29, 0.717) is 18.8 Å². The van der Waals surface area contributed by atoms with Gasteiger partial charge in [-0.2, -0.15) is 13.1 Å². The van der Waals surface area contributed by atoms with E-state index in [0.717, 1.165) is 12.8 Å². The molecule has 1 aliphatic carbocycles. The van der Waals surface area contributed by atoms with Gasteiger partial charge < -0.3 is 5.11 Å². The second kappa shape index (κ2) is 4.78. The van der Waals surface area contributed by atoms with Crippen LogP contribution in [-0.2, 0) is 10.2 Å². The molecule has 6 heteroatoms. The van der Waals surface area contributed by atoms with Gasteiger partial charge in [0.15, 0.2) is 0 Å². The van der Waals surface area contributed by atoms with Crippen molar-refractivity contribution in [1.82, 2.24) is 9.44 Å². The highest BCUT2D eigenvalue weighted by atomic mass is 32.2. The van der Waals surface area contributed by atoms with E-state index in [1.54, 1.807) is 0 Å². The zero-order chi connectivity index (χ0) is 11.5. The number of aliphatic hydroxyl groups is 1. The standard InChI is InChI=1S/C9H20N2O3S/c1-8-4-3-5-9(12,6-8)7-11-15(13,14)10-2/h8,10-12H,3-7H2,1-2H3. The van der Waals surface area contributed by atoms with Crippen LogP contribution in [-0.4, -0.2) is 32.7 Å². The van der Waals surface area contributed by atoms with Crippen LogP contribution in [0.1, 0.15) is 32.6 Å². The van der Waals surface area contributed by atoms with E-state index in [1.165, 1.54) is 7.05 Å². The van der Waals surface area contributed by atoms with Gasteiger partial charge in [0.05, 0.1) is 5.60 Å². The Balaban J connectivity index is 2.49. The van der Waals surface area contributed by atoms with E-state index in [2.05, 4.69) is 16.4 Å². The van der Waals surface area contributed by atoms with Crippen LogP contribution < -0.4 is 9.44 Å². The SMILES string of the molecule is CNS(=O)(=O)NCC1(O)CCCC(C)C1. The normalized spacial score (nSPS) is 32.9. The molecule has 5 nitrogen and oxygen atoms in total. The number of nitrogens with one attached hydrogen (secondary N) is 2. The zero-order valence-corrected chi connectivity index (χ0v) is 10.1. The maximum atomic E-state index is 11.1. The zero-order valence-electron chi connectivity index (χ0n) is 9.28. The Kier molecular flexibility index (Phi) is 4.11. The van der Waals surface area contributed by atoms with Crippen molar-refractivity contribution in [2.24, 2.45) is 5.92 Å². The first-order valence-corrected chi connectivity index (χ1v) is 6.76. The first-order valence-electron chi connectivity index (χ1n) is 5.27. The summed E-state index contributed by atoms with van der Waals surface area (Å²) in [6.07, 6.45) is 3.41. The molecule has 0 spiro atoms. The second-order valence-corrected chi connectivity index (χ2v) is 6.16. The van der Waals surface area contributed by atoms with Crippen LogP contribution in [0.5, 0.6) is 0 Å². The highest BCUT2D eigenvalue weighted by Gasteiger charge is 2.33. The molecule has 0 bridgehead atoms. The highest BCUT2D eigenvalue weighted by molar-refractivity contribution is 7.87. The molecule has 0 amide bonds. The molecule has 2 unspecified atom stereocenters. The third-order valence-corrected chi connectivity index (χ3v) is 3.99. The summed E-state index contributed by atoms with van der Waals surface area (Å²) in [5.74, 6) is 0.461. The molecule has 3 N–H and O–H groups in total. The van der Waals surface area contributed by atoms with E-state index in [9.17, 15) is 13.5 Å². The fraction of sp³-hybridized carbons (Fsp3) is 1.00. The summed E-state index contributed by atoms with van der Waals surface area (Å²) in [6.45, 7) is 2.18. The van der Waals surface area contributed by atoms with Gasteiger partial charge in [-0.25, -0.2) is 4.72 Å². The first-order chi connectivity index (χ1) is 6.87. The van der Waals surface area contributed by atoms with Crippen LogP contribution in [0.2, 0.25) is 0 Å². The van der Waals surface area contributed by atoms with Crippen LogP contribution in [0.15, 0.2) is 0 Å². The van der Waals surface area contributed by atoms with Crippen molar-refractivity contribution in [2.75, 3.05) is 13.6 Å². The van der Waals surface area contributed by atoms with Gasteiger partial charge in [-0.05, 0) is 18.8 Å². The van der Waals surface area contributed by atoms with Gasteiger partial charge in [0.2, 0.25) is 0 Å². The van der Waals surface area contributed by atoms with E-state index in [-0.39, 0.29) is 6.54 Å². The molecular formula is C9H20N2O3S. The molecule has 1 aliphatic rings. The Morgan fingerprint density at radius 3 is 2.73 bits per heavy atom. The van der Waals surface area contributed by atoms with Crippen LogP contribution in [0.25, 0.3) is 0 Å². The van der Waals surface area contributed by atoms with E-state index in [4.69, 9.17) is 0 Å². The molecule has 1 saturated carbocycles. The largest absolute Gasteiger partial charge is 0.389 e.